The molecule has 0 bridgehead atoms. The highest BCUT2D eigenvalue weighted by atomic mass is 15.1. The van der Waals surface area contributed by atoms with Crippen molar-refractivity contribution in [2.75, 3.05) is 18.0 Å². The highest BCUT2D eigenvalue weighted by Crippen LogP contribution is 2.15. The Labute approximate surface area is 92.3 Å². The standard InChI is InChI=1S/C12H21N3/c1-3-7-15(8-4-2)12-5-6-14-11(9-12)10-13/h5-6,9H,3-4,7-8,10,13H2,1-2H3. The molecule has 2 N–H and O–H groups in total. The van der Waals surface area contributed by atoms with E-state index in [1.165, 1.54) is 18.5 Å². The van der Waals surface area contributed by atoms with Crippen molar-refractivity contribution in [3.05, 3.63) is 24.0 Å². The first kappa shape index (κ1) is 12.0. The topological polar surface area (TPSA) is 42.2 Å². The predicted octanol–water partition coefficient (Wildman–Crippen LogP) is 2.17. The summed E-state index contributed by atoms with van der Waals surface area (Å²) in [5.41, 5.74) is 7.79. The second-order valence-electron chi connectivity index (χ2n) is 3.70. The number of hydrogen-bond acceptors (Lipinski definition) is 3. The van der Waals surface area contributed by atoms with Crippen molar-refractivity contribution in [1.82, 2.24) is 4.98 Å². The summed E-state index contributed by atoms with van der Waals surface area (Å²) in [6.45, 7) is 7.12. The van der Waals surface area contributed by atoms with E-state index in [0.29, 0.717) is 6.54 Å². The van der Waals surface area contributed by atoms with E-state index in [1.54, 1.807) is 0 Å². The van der Waals surface area contributed by atoms with Gasteiger partial charge in [0.15, 0.2) is 0 Å². The molecular weight excluding hydrogens is 186 g/mol. The van der Waals surface area contributed by atoms with E-state index < -0.39 is 0 Å². The second kappa shape index (κ2) is 6.40. The van der Waals surface area contributed by atoms with Gasteiger partial charge >= 0.3 is 0 Å². The molecule has 1 heterocycles. The lowest BCUT2D eigenvalue weighted by molar-refractivity contribution is 0.743. The second-order valence-corrected chi connectivity index (χ2v) is 3.70. The van der Waals surface area contributed by atoms with Crippen LogP contribution in [0.5, 0.6) is 0 Å². The van der Waals surface area contributed by atoms with Crippen LogP contribution in [0.1, 0.15) is 32.4 Å². The van der Waals surface area contributed by atoms with Gasteiger partial charge in [-0.1, -0.05) is 13.8 Å². The third kappa shape index (κ3) is 3.51. The Kier molecular flexibility index (Phi) is 5.12. The molecule has 0 spiro atoms. The quantitative estimate of drug-likeness (QED) is 0.777. The smallest absolute Gasteiger partial charge is 0.0560 e. The molecule has 0 aliphatic rings. The molecule has 0 fully saturated rings. The lowest BCUT2D eigenvalue weighted by Crippen LogP contribution is -2.25. The minimum Gasteiger partial charge on any atom is -0.371 e. The SMILES string of the molecule is CCCN(CCC)c1ccnc(CN)c1. The van der Waals surface area contributed by atoms with Crippen LogP contribution in [-0.4, -0.2) is 18.1 Å². The molecule has 15 heavy (non-hydrogen) atoms. The number of rotatable bonds is 6. The van der Waals surface area contributed by atoms with Crippen LogP contribution in [0.15, 0.2) is 18.3 Å². The molecule has 1 aromatic rings. The molecule has 0 atom stereocenters. The fourth-order valence-corrected chi connectivity index (χ4v) is 1.68. The fraction of sp³-hybridized carbons (Fsp3) is 0.583. The fourth-order valence-electron chi connectivity index (χ4n) is 1.68. The van der Waals surface area contributed by atoms with Crippen LogP contribution >= 0.6 is 0 Å². The molecular formula is C12H21N3. The summed E-state index contributed by atoms with van der Waals surface area (Å²) in [6, 6.07) is 4.15. The van der Waals surface area contributed by atoms with Crippen LogP contribution in [0, 0.1) is 0 Å². The molecule has 0 aromatic carbocycles. The van der Waals surface area contributed by atoms with Crippen molar-refractivity contribution in [2.45, 2.75) is 33.2 Å². The summed E-state index contributed by atoms with van der Waals surface area (Å²) >= 11 is 0. The highest BCUT2D eigenvalue weighted by molar-refractivity contribution is 5.46. The van der Waals surface area contributed by atoms with Crippen LogP contribution < -0.4 is 10.6 Å². The van der Waals surface area contributed by atoms with Crippen molar-refractivity contribution in [3.63, 3.8) is 0 Å². The molecule has 0 aliphatic heterocycles. The van der Waals surface area contributed by atoms with Gasteiger partial charge in [0.05, 0.1) is 5.69 Å². The van der Waals surface area contributed by atoms with E-state index in [9.17, 15) is 0 Å². The maximum absolute atomic E-state index is 5.59. The van der Waals surface area contributed by atoms with E-state index in [-0.39, 0.29) is 0 Å². The summed E-state index contributed by atoms with van der Waals surface area (Å²) < 4.78 is 0. The first-order chi connectivity index (χ1) is 7.31. The minimum absolute atomic E-state index is 0.514. The molecule has 0 unspecified atom stereocenters. The first-order valence-electron chi connectivity index (χ1n) is 5.71. The van der Waals surface area contributed by atoms with Gasteiger partial charge in [0, 0.05) is 31.5 Å². The van der Waals surface area contributed by atoms with Gasteiger partial charge in [-0.25, -0.2) is 0 Å². The lowest BCUT2D eigenvalue weighted by atomic mass is 10.2. The minimum atomic E-state index is 0.514. The number of pyridine rings is 1. The largest absolute Gasteiger partial charge is 0.371 e. The average Bonchev–Trinajstić information content (AvgIpc) is 2.29. The van der Waals surface area contributed by atoms with Crippen molar-refractivity contribution in [3.8, 4) is 0 Å². The van der Waals surface area contributed by atoms with E-state index in [4.69, 9.17) is 5.73 Å². The summed E-state index contributed by atoms with van der Waals surface area (Å²) in [5.74, 6) is 0. The number of aromatic nitrogens is 1. The Morgan fingerprint density at radius 3 is 2.47 bits per heavy atom. The van der Waals surface area contributed by atoms with Crippen LogP contribution in [0.25, 0.3) is 0 Å². The van der Waals surface area contributed by atoms with Gasteiger partial charge in [-0.15, -0.1) is 0 Å². The van der Waals surface area contributed by atoms with Crippen molar-refractivity contribution in [2.24, 2.45) is 5.73 Å². The van der Waals surface area contributed by atoms with Crippen LogP contribution in [-0.2, 0) is 6.54 Å². The maximum Gasteiger partial charge on any atom is 0.0560 e. The molecule has 0 saturated carbocycles. The zero-order chi connectivity index (χ0) is 11.1. The van der Waals surface area contributed by atoms with E-state index in [0.717, 1.165) is 18.8 Å². The molecule has 84 valence electrons. The average molecular weight is 207 g/mol. The van der Waals surface area contributed by atoms with Crippen LogP contribution in [0.3, 0.4) is 0 Å². The van der Waals surface area contributed by atoms with E-state index in [2.05, 4.69) is 35.9 Å². The Bertz CT molecular complexity index is 280. The summed E-state index contributed by atoms with van der Waals surface area (Å²) in [7, 11) is 0. The lowest BCUT2D eigenvalue weighted by Gasteiger charge is -2.23. The summed E-state index contributed by atoms with van der Waals surface area (Å²) in [4.78, 5) is 6.60. The van der Waals surface area contributed by atoms with Gasteiger partial charge in [0.2, 0.25) is 0 Å². The predicted molar refractivity (Wildman–Crippen MR) is 64.9 cm³/mol. The summed E-state index contributed by atoms with van der Waals surface area (Å²) in [5, 5.41) is 0. The van der Waals surface area contributed by atoms with Gasteiger partial charge in [0.1, 0.15) is 0 Å². The third-order valence-electron chi connectivity index (χ3n) is 2.36. The zero-order valence-electron chi connectivity index (χ0n) is 9.74. The van der Waals surface area contributed by atoms with Gasteiger partial charge in [-0.05, 0) is 25.0 Å². The third-order valence-corrected chi connectivity index (χ3v) is 2.36. The van der Waals surface area contributed by atoms with E-state index >= 15 is 0 Å². The normalized spacial score (nSPS) is 10.3. The number of anilines is 1. The number of nitrogens with zero attached hydrogens (tertiary/aromatic N) is 2. The van der Waals surface area contributed by atoms with Gasteiger partial charge < -0.3 is 10.6 Å². The highest BCUT2D eigenvalue weighted by Gasteiger charge is 2.04. The van der Waals surface area contributed by atoms with Crippen molar-refractivity contribution in [1.29, 1.82) is 0 Å². The molecule has 0 aliphatic carbocycles. The molecule has 0 saturated heterocycles. The van der Waals surface area contributed by atoms with Crippen molar-refractivity contribution >= 4 is 5.69 Å². The summed E-state index contributed by atoms with van der Waals surface area (Å²) in [6.07, 6.45) is 4.18. The van der Waals surface area contributed by atoms with Crippen LogP contribution in [0.4, 0.5) is 5.69 Å². The number of hydrogen-bond donors (Lipinski definition) is 1. The van der Waals surface area contributed by atoms with Crippen LogP contribution in [0.2, 0.25) is 0 Å². The van der Waals surface area contributed by atoms with E-state index in [1.807, 2.05) is 6.20 Å². The molecule has 0 amide bonds. The first-order valence-corrected chi connectivity index (χ1v) is 5.71. The van der Waals surface area contributed by atoms with Gasteiger partial charge in [-0.2, -0.15) is 0 Å². The molecule has 1 rings (SSSR count). The molecule has 3 heteroatoms. The molecule has 0 radical (unpaired) electrons. The van der Waals surface area contributed by atoms with Gasteiger partial charge in [0.25, 0.3) is 0 Å². The molecule has 1 aromatic heterocycles. The monoisotopic (exact) mass is 207 g/mol. The number of nitrogens with two attached hydrogens (primary N) is 1. The Balaban J connectivity index is 2.79. The zero-order valence-corrected chi connectivity index (χ0v) is 9.74. The van der Waals surface area contributed by atoms with Crippen molar-refractivity contribution < 1.29 is 0 Å². The molecule has 3 nitrogen and oxygen atoms in total. The Morgan fingerprint density at radius 2 is 1.93 bits per heavy atom. The van der Waals surface area contributed by atoms with Gasteiger partial charge in [-0.3, -0.25) is 4.98 Å². The maximum atomic E-state index is 5.59. The Morgan fingerprint density at radius 1 is 1.27 bits per heavy atom. The Hall–Kier alpha value is -1.09.